The molecule has 1 aliphatic rings. The molecule has 1 saturated carbocycles. The van der Waals surface area contributed by atoms with Crippen LogP contribution in [0, 0.1) is 5.41 Å². The van der Waals surface area contributed by atoms with Crippen molar-refractivity contribution >= 4 is 0 Å². The Bertz CT molecular complexity index is 113. The van der Waals surface area contributed by atoms with E-state index in [1.54, 1.807) is 0 Å². The molecule has 0 aliphatic heterocycles. The van der Waals surface area contributed by atoms with E-state index in [1.807, 2.05) is 0 Å². The number of hydrogen-bond acceptors (Lipinski definition) is 0. The molecule has 1 fully saturated rings. The summed E-state index contributed by atoms with van der Waals surface area (Å²) in [5, 5.41) is 2.50. The number of quaternary nitrogens is 1. The van der Waals surface area contributed by atoms with Crippen LogP contribution < -0.4 is 22.3 Å². The lowest BCUT2D eigenvalue weighted by Crippen LogP contribution is -3.00. The molecular weight excluding hydrogens is 214 g/mol. The van der Waals surface area contributed by atoms with Crippen molar-refractivity contribution in [1.82, 2.24) is 0 Å². The predicted octanol–water partition coefficient (Wildman–Crippen LogP) is -1.46. The van der Waals surface area contributed by atoms with Crippen molar-refractivity contribution in [2.45, 2.75) is 52.5 Å². The van der Waals surface area contributed by atoms with Gasteiger partial charge in [0.2, 0.25) is 0 Å². The van der Waals surface area contributed by atoms with E-state index < -0.39 is 0 Å². The number of hydrogen-bond donors (Lipinski definition) is 1. The Balaban J connectivity index is 0.00000121. The molecule has 12 heavy (non-hydrogen) atoms. The predicted molar refractivity (Wildman–Crippen MR) is 48.5 cm³/mol. The first-order chi connectivity index (χ1) is 5.14. The summed E-state index contributed by atoms with van der Waals surface area (Å²) >= 11 is 0. The van der Waals surface area contributed by atoms with Crippen molar-refractivity contribution < 1.29 is 22.3 Å². The fourth-order valence-electron chi connectivity index (χ4n) is 1.99. The minimum Gasteiger partial charge on any atom is -1.00 e. The molecule has 0 heterocycles. The van der Waals surface area contributed by atoms with Crippen LogP contribution in [0.5, 0.6) is 0 Å². The number of nitrogens with two attached hydrogens (primary N) is 1. The molecule has 1 rings (SSSR count). The quantitative estimate of drug-likeness (QED) is 0.603. The lowest BCUT2D eigenvalue weighted by molar-refractivity contribution is -0.689. The Hall–Kier alpha value is 0.440. The highest BCUT2D eigenvalue weighted by molar-refractivity contribution is 4.77. The molecule has 1 aliphatic carbocycles. The zero-order valence-electron chi connectivity index (χ0n) is 8.57. The molecule has 0 spiro atoms. The molecule has 0 bridgehead atoms. The molecule has 0 saturated heterocycles. The molecule has 2 heteroatoms. The summed E-state index contributed by atoms with van der Waals surface area (Å²) in [6.45, 7) is 8.30. The van der Waals surface area contributed by atoms with Crippen molar-refractivity contribution in [2.75, 3.05) is 6.54 Å². The SMILES string of the molecule is CC[NH2+]C1CCC(C)(C)CC1.[Br-]. The Morgan fingerprint density at radius 1 is 1.25 bits per heavy atom. The standard InChI is InChI=1S/C10H21N.BrH/c1-4-11-9-5-7-10(2,3)8-6-9;/h9,11H,4-8H2,1-3H3;1H. The van der Waals surface area contributed by atoms with Gasteiger partial charge in [-0.1, -0.05) is 13.8 Å². The minimum atomic E-state index is 0. The highest BCUT2D eigenvalue weighted by atomic mass is 79.9. The second-order valence-electron chi connectivity index (χ2n) is 4.65. The van der Waals surface area contributed by atoms with Crippen molar-refractivity contribution in [1.29, 1.82) is 0 Å². The normalized spacial score (nSPS) is 23.2. The molecule has 74 valence electrons. The van der Waals surface area contributed by atoms with Gasteiger partial charge in [0.1, 0.15) is 0 Å². The number of rotatable bonds is 2. The maximum Gasteiger partial charge on any atom is 0.0859 e. The van der Waals surface area contributed by atoms with Crippen molar-refractivity contribution in [3.05, 3.63) is 0 Å². The van der Waals surface area contributed by atoms with Crippen LogP contribution in [0.25, 0.3) is 0 Å². The highest BCUT2D eigenvalue weighted by Gasteiger charge is 2.27. The maximum atomic E-state index is 2.50. The van der Waals surface area contributed by atoms with E-state index in [1.165, 1.54) is 32.2 Å². The van der Waals surface area contributed by atoms with Gasteiger partial charge in [-0.05, 0) is 38.0 Å². The van der Waals surface area contributed by atoms with Gasteiger partial charge in [-0.2, -0.15) is 0 Å². The second-order valence-corrected chi connectivity index (χ2v) is 4.65. The van der Waals surface area contributed by atoms with Crippen LogP contribution in [-0.2, 0) is 0 Å². The smallest absolute Gasteiger partial charge is 0.0859 e. The van der Waals surface area contributed by atoms with E-state index in [-0.39, 0.29) is 17.0 Å². The lowest BCUT2D eigenvalue weighted by Gasteiger charge is -2.32. The molecule has 0 unspecified atom stereocenters. The first kappa shape index (κ1) is 12.4. The first-order valence-corrected chi connectivity index (χ1v) is 4.97. The summed E-state index contributed by atoms with van der Waals surface area (Å²) in [6, 6.07) is 0.938. The first-order valence-electron chi connectivity index (χ1n) is 4.97. The van der Waals surface area contributed by atoms with Gasteiger partial charge in [0.25, 0.3) is 0 Å². The molecular formula is C10H22BrN. The van der Waals surface area contributed by atoms with E-state index >= 15 is 0 Å². The lowest BCUT2D eigenvalue weighted by atomic mass is 9.75. The highest BCUT2D eigenvalue weighted by Crippen LogP contribution is 2.33. The van der Waals surface area contributed by atoms with Gasteiger partial charge in [-0.25, -0.2) is 0 Å². The van der Waals surface area contributed by atoms with Gasteiger partial charge in [0.15, 0.2) is 0 Å². The zero-order chi connectivity index (χ0) is 8.32. The van der Waals surface area contributed by atoms with Crippen LogP contribution in [0.2, 0.25) is 0 Å². The third-order valence-corrected chi connectivity index (χ3v) is 2.95. The van der Waals surface area contributed by atoms with E-state index in [9.17, 15) is 0 Å². The van der Waals surface area contributed by atoms with Crippen molar-refractivity contribution in [3.8, 4) is 0 Å². The Kier molecular flexibility index (Phi) is 5.42. The van der Waals surface area contributed by atoms with E-state index in [2.05, 4.69) is 26.1 Å². The summed E-state index contributed by atoms with van der Waals surface area (Å²) in [4.78, 5) is 0. The monoisotopic (exact) mass is 235 g/mol. The maximum absolute atomic E-state index is 2.50. The Morgan fingerprint density at radius 2 is 1.75 bits per heavy atom. The van der Waals surface area contributed by atoms with E-state index in [0.29, 0.717) is 5.41 Å². The zero-order valence-corrected chi connectivity index (χ0v) is 10.2. The van der Waals surface area contributed by atoms with Crippen LogP contribution in [0.3, 0.4) is 0 Å². The molecule has 1 nitrogen and oxygen atoms in total. The van der Waals surface area contributed by atoms with E-state index in [4.69, 9.17) is 0 Å². The molecule has 0 aromatic heterocycles. The molecule has 0 aromatic rings. The molecule has 2 N–H and O–H groups in total. The molecule has 0 aromatic carbocycles. The summed E-state index contributed by atoms with van der Waals surface area (Å²) in [6.07, 6.45) is 5.71. The minimum absolute atomic E-state index is 0. The van der Waals surface area contributed by atoms with Gasteiger partial charge in [-0.3, -0.25) is 0 Å². The number of halogens is 1. The largest absolute Gasteiger partial charge is 1.00 e. The summed E-state index contributed by atoms with van der Waals surface area (Å²) in [5.41, 5.74) is 0.637. The summed E-state index contributed by atoms with van der Waals surface area (Å²) < 4.78 is 0. The van der Waals surface area contributed by atoms with Crippen molar-refractivity contribution in [3.63, 3.8) is 0 Å². The van der Waals surface area contributed by atoms with Crippen LogP contribution in [0.4, 0.5) is 0 Å². The molecule has 0 radical (unpaired) electrons. The fourth-order valence-corrected chi connectivity index (χ4v) is 1.99. The van der Waals surface area contributed by atoms with Gasteiger partial charge in [0, 0.05) is 0 Å². The topological polar surface area (TPSA) is 16.6 Å². The van der Waals surface area contributed by atoms with Crippen LogP contribution in [-0.4, -0.2) is 12.6 Å². The third kappa shape index (κ3) is 3.90. The Morgan fingerprint density at radius 3 is 2.17 bits per heavy atom. The third-order valence-electron chi connectivity index (χ3n) is 2.95. The Labute approximate surface area is 87.1 Å². The average Bonchev–Trinajstić information content (AvgIpc) is 1.94. The van der Waals surface area contributed by atoms with Crippen LogP contribution >= 0.6 is 0 Å². The molecule has 0 amide bonds. The van der Waals surface area contributed by atoms with E-state index in [0.717, 1.165) is 6.04 Å². The van der Waals surface area contributed by atoms with Crippen molar-refractivity contribution in [2.24, 2.45) is 5.41 Å². The summed E-state index contributed by atoms with van der Waals surface area (Å²) in [5.74, 6) is 0. The molecule has 0 atom stereocenters. The average molecular weight is 236 g/mol. The summed E-state index contributed by atoms with van der Waals surface area (Å²) in [7, 11) is 0. The van der Waals surface area contributed by atoms with Gasteiger partial charge in [-0.15, -0.1) is 0 Å². The fraction of sp³-hybridized carbons (Fsp3) is 1.00. The van der Waals surface area contributed by atoms with Gasteiger partial charge in [0.05, 0.1) is 12.6 Å². The van der Waals surface area contributed by atoms with Crippen LogP contribution in [0.15, 0.2) is 0 Å². The van der Waals surface area contributed by atoms with Gasteiger partial charge < -0.3 is 22.3 Å². The second kappa shape index (κ2) is 5.23. The van der Waals surface area contributed by atoms with Crippen LogP contribution in [0.1, 0.15) is 46.5 Å². The van der Waals surface area contributed by atoms with Gasteiger partial charge >= 0.3 is 0 Å².